The third-order valence-electron chi connectivity index (χ3n) is 4.62. The summed E-state index contributed by atoms with van der Waals surface area (Å²) < 4.78 is 26.7. The number of nitrogens with one attached hydrogen (secondary N) is 2. The second kappa shape index (κ2) is 8.54. The van der Waals surface area contributed by atoms with Crippen LogP contribution in [0.3, 0.4) is 0 Å². The fraction of sp³-hybridized carbons (Fsp3) is 0.350. The Morgan fingerprint density at radius 1 is 1.07 bits per heavy atom. The van der Waals surface area contributed by atoms with E-state index in [0.717, 1.165) is 24.3 Å². The first-order chi connectivity index (χ1) is 13.0. The van der Waals surface area contributed by atoms with Gasteiger partial charge in [0.15, 0.2) is 0 Å². The van der Waals surface area contributed by atoms with Gasteiger partial charge in [0.05, 0.1) is 4.90 Å². The summed E-state index contributed by atoms with van der Waals surface area (Å²) in [6.07, 6.45) is 2.51. The normalized spacial score (nSPS) is 14.3. The maximum atomic E-state index is 12.1. The van der Waals surface area contributed by atoms with Crippen LogP contribution in [0, 0.1) is 6.92 Å². The Morgan fingerprint density at radius 2 is 1.78 bits per heavy atom. The van der Waals surface area contributed by atoms with Crippen molar-refractivity contribution in [1.82, 2.24) is 4.72 Å². The van der Waals surface area contributed by atoms with Gasteiger partial charge in [0.1, 0.15) is 0 Å². The first-order valence-corrected chi connectivity index (χ1v) is 10.6. The van der Waals surface area contributed by atoms with Crippen LogP contribution in [0.4, 0.5) is 11.4 Å². The average molecular weight is 388 g/mol. The number of carbonyl (C=O) groups excluding carboxylic acids is 1. The molecular formula is C20H25N3O3S. The van der Waals surface area contributed by atoms with E-state index in [1.54, 1.807) is 18.2 Å². The van der Waals surface area contributed by atoms with Gasteiger partial charge in [0.2, 0.25) is 15.9 Å². The number of nitrogens with zero attached hydrogens (tertiary/aromatic N) is 1. The summed E-state index contributed by atoms with van der Waals surface area (Å²) in [4.78, 5) is 14.7. The molecule has 1 amide bonds. The lowest BCUT2D eigenvalue weighted by molar-refractivity contribution is -0.116. The summed E-state index contributed by atoms with van der Waals surface area (Å²) in [5, 5.41) is 2.83. The summed E-state index contributed by atoms with van der Waals surface area (Å²) in [5.74, 6) is -0.223. The predicted molar refractivity (Wildman–Crippen MR) is 108 cm³/mol. The van der Waals surface area contributed by atoms with Crippen molar-refractivity contribution >= 4 is 27.3 Å². The quantitative estimate of drug-likeness (QED) is 0.766. The van der Waals surface area contributed by atoms with Gasteiger partial charge in [0.25, 0.3) is 0 Å². The Morgan fingerprint density at radius 3 is 2.44 bits per heavy atom. The first-order valence-electron chi connectivity index (χ1n) is 9.16. The maximum Gasteiger partial charge on any atom is 0.240 e. The lowest BCUT2D eigenvalue weighted by atomic mass is 10.1. The van der Waals surface area contributed by atoms with Crippen molar-refractivity contribution in [2.24, 2.45) is 0 Å². The molecule has 1 fully saturated rings. The highest BCUT2D eigenvalue weighted by molar-refractivity contribution is 7.89. The lowest BCUT2D eigenvalue weighted by Crippen LogP contribution is -2.27. The van der Waals surface area contributed by atoms with E-state index in [2.05, 4.69) is 14.9 Å². The van der Waals surface area contributed by atoms with Crippen molar-refractivity contribution in [2.75, 3.05) is 29.9 Å². The Bertz CT molecular complexity index is 892. The van der Waals surface area contributed by atoms with E-state index in [1.165, 1.54) is 30.7 Å². The van der Waals surface area contributed by atoms with Gasteiger partial charge in [-0.1, -0.05) is 18.2 Å². The van der Waals surface area contributed by atoms with Gasteiger partial charge in [-0.2, -0.15) is 0 Å². The standard InChI is InChI=1S/C20H25N3O3S/c1-16-15-17(9-10-19(16)23-13-5-6-14-23)22-20(24)11-12-21-27(25,26)18-7-3-2-4-8-18/h2-4,7-10,15,21H,5-6,11-14H2,1H3,(H,22,24). The van der Waals surface area contributed by atoms with E-state index in [4.69, 9.17) is 0 Å². The van der Waals surface area contributed by atoms with Crippen molar-refractivity contribution in [1.29, 1.82) is 0 Å². The van der Waals surface area contributed by atoms with Crippen LogP contribution >= 0.6 is 0 Å². The third-order valence-corrected chi connectivity index (χ3v) is 6.10. The van der Waals surface area contributed by atoms with Crippen LogP contribution in [-0.4, -0.2) is 34.0 Å². The van der Waals surface area contributed by atoms with Gasteiger partial charge in [-0.15, -0.1) is 0 Å². The molecule has 0 unspecified atom stereocenters. The van der Waals surface area contributed by atoms with E-state index in [-0.39, 0.29) is 23.8 Å². The molecule has 0 aromatic heterocycles. The number of anilines is 2. The molecule has 3 rings (SSSR count). The largest absolute Gasteiger partial charge is 0.371 e. The van der Waals surface area contributed by atoms with E-state index < -0.39 is 10.0 Å². The van der Waals surface area contributed by atoms with Gasteiger partial charge in [-0.05, 0) is 55.7 Å². The summed E-state index contributed by atoms with van der Waals surface area (Å²) in [6, 6.07) is 14.0. The number of aryl methyl sites for hydroxylation is 1. The third kappa shape index (κ3) is 5.08. The van der Waals surface area contributed by atoms with Gasteiger partial charge in [-0.3, -0.25) is 4.79 Å². The van der Waals surface area contributed by atoms with E-state index in [0.29, 0.717) is 0 Å². The summed E-state index contributed by atoms with van der Waals surface area (Å²) in [6.45, 7) is 4.24. The van der Waals surface area contributed by atoms with Gasteiger partial charge in [0, 0.05) is 37.4 Å². The van der Waals surface area contributed by atoms with Crippen LogP contribution in [0.15, 0.2) is 53.4 Å². The van der Waals surface area contributed by atoms with Crippen molar-refractivity contribution in [3.05, 3.63) is 54.1 Å². The fourth-order valence-corrected chi connectivity index (χ4v) is 4.30. The van der Waals surface area contributed by atoms with Crippen LogP contribution in [0.5, 0.6) is 0 Å². The second-order valence-corrected chi connectivity index (χ2v) is 8.47. The highest BCUT2D eigenvalue weighted by Gasteiger charge is 2.15. The molecule has 6 nitrogen and oxygen atoms in total. The Hall–Kier alpha value is -2.38. The first kappa shape index (κ1) is 19.4. The highest BCUT2D eigenvalue weighted by atomic mass is 32.2. The molecule has 0 radical (unpaired) electrons. The van der Waals surface area contributed by atoms with Crippen LogP contribution in [0.1, 0.15) is 24.8 Å². The Kier molecular flexibility index (Phi) is 6.13. The zero-order valence-corrected chi connectivity index (χ0v) is 16.3. The van der Waals surface area contributed by atoms with Crippen molar-refractivity contribution in [3.8, 4) is 0 Å². The second-order valence-electron chi connectivity index (χ2n) is 6.70. The number of carbonyl (C=O) groups is 1. The molecule has 1 aliphatic heterocycles. The molecule has 2 aromatic carbocycles. The number of hydrogen-bond acceptors (Lipinski definition) is 4. The molecule has 0 atom stereocenters. The molecule has 1 heterocycles. The summed E-state index contributed by atoms with van der Waals surface area (Å²) in [7, 11) is -3.59. The highest BCUT2D eigenvalue weighted by Crippen LogP contribution is 2.26. The molecule has 1 saturated heterocycles. The van der Waals surface area contributed by atoms with Crippen LogP contribution < -0.4 is 14.9 Å². The number of rotatable bonds is 7. The van der Waals surface area contributed by atoms with Gasteiger partial charge in [-0.25, -0.2) is 13.1 Å². The van der Waals surface area contributed by atoms with E-state index in [1.807, 2.05) is 25.1 Å². The Balaban J connectivity index is 1.51. The smallest absolute Gasteiger partial charge is 0.240 e. The summed E-state index contributed by atoms with van der Waals surface area (Å²) in [5.41, 5.74) is 3.06. The number of sulfonamides is 1. The number of hydrogen-bond donors (Lipinski definition) is 2. The van der Waals surface area contributed by atoms with Gasteiger partial charge < -0.3 is 10.2 Å². The van der Waals surface area contributed by atoms with Crippen molar-refractivity contribution in [2.45, 2.75) is 31.1 Å². The molecule has 7 heteroatoms. The minimum absolute atomic E-state index is 0.0495. The topological polar surface area (TPSA) is 78.5 Å². The molecule has 2 N–H and O–H groups in total. The van der Waals surface area contributed by atoms with Crippen LogP contribution in [0.2, 0.25) is 0 Å². The SMILES string of the molecule is Cc1cc(NC(=O)CCNS(=O)(=O)c2ccccc2)ccc1N1CCCC1. The van der Waals surface area contributed by atoms with E-state index in [9.17, 15) is 13.2 Å². The lowest BCUT2D eigenvalue weighted by Gasteiger charge is -2.20. The zero-order valence-electron chi connectivity index (χ0n) is 15.4. The minimum Gasteiger partial charge on any atom is -0.371 e. The molecule has 0 spiro atoms. The van der Waals surface area contributed by atoms with Crippen LogP contribution in [-0.2, 0) is 14.8 Å². The fourth-order valence-electron chi connectivity index (χ4n) is 3.25. The number of amides is 1. The molecule has 2 aromatic rings. The molecule has 0 bridgehead atoms. The molecule has 144 valence electrons. The monoisotopic (exact) mass is 387 g/mol. The molecular weight excluding hydrogens is 362 g/mol. The van der Waals surface area contributed by atoms with Gasteiger partial charge >= 0.3 is 0 Å². The molecule has 27 heavy (non-hydrogen) atoms. The van der Waals surface area contributed by atoms with Crippen molar-refractivity contribution in [3.63, 3.8) is 0 Å². The maximum absolute atomic E-state index is 12.1. The molecule has 0 saturated carbocycles. The average Bonchev–Trinajstić information content (AvgIpc) is 3.17. The number of benzene rings is 2. The zero-order chi connectivity index (χ0) is 19.3. The van der Waals surface area contributed by atoms with Crippen molar-refractivity contribution < 1.29 is 13.2 Å². The Labute approximate surface area is 160 Å². The predicted octanol–water partition coefficient (Wildman–Crippen LogP) is 2.90. The molecule has 1 aliphatic rings. The van der Waals surface area contributed by atoms with E-state index >= 15 is 0 Å². The van der Waals surface area contributed by atoms with Crippen LogP contribution in [0.25, 0.3) is 0 Å². The minimum atomic E-state index is -3.59. The summed E-state index contributed by atoms with van der Waals surface area (Å²) >= 11 is 0. The molecule has 0 aliphatic carbocycles.